The smallest absolute Gasteiger partial charge is 0.338 e. The number of thioether (sulfide) groups is 1. The molecule has 0 fully saturated rings. The highest BCUT2D eigenvalue weighted by Gasteiger charge is 2.17. The van der Waals surface area contributed by atoms with Gasteiger partial charge in [0, 0.05) is 11.6 Å². The molecular formula is C17H14ClN3O2S. The van der Waals surface area contributed by atoms with E-state index >= 15 is 0 Å². The van der Waals surface area contributed by atoms with Gasteiger partial charge in [0.15, 0.2) is 10.3 Å². The Morgan fingerprint density at radius 3 is 2.71 bits per heavy atom. The Hall–Kier alpha value is -2.18. The number of ether oxygens (including phenoxy) is 1. The minimum atomic E-state index is -0.542. The van der Waals surface area contributed by atoms with Gasteiger partial charge in [0.25, 0.3) is 0 Å². The summed E-state index contributed by atoms with van der Waals surface area (Å²) in [5.74, 6) is -0.407. The molecular weight excluding hydrogens is 346 g/mol. The van der Waals surface area contributed by atoms with Gasteiger partial charge in [-0.3, -0.25) is 0 Å². The Bertz CT molecular complexity index is 890. The standard InChI is InChI=1S/C17H14ClN3O2S/c1-10(23-16(22)11-6-4-3-5-7-11)13-8-12-9-19-17(24-2)21-14(12)15(18)20-13/h3-10H,1-2H3/t10-/m1/s1. The van der Waals surface area contributed by atoms with Gasteiger partial charge < -0.3 is 4.74 Å². The van der Waals surface area contributed by atoms with E-state index in [1.165, 1.54) is 11.8 Å². The fourth-order valence-electron chi connectivity index (χ4n) is 2.17. The molecule has 0 aliphatic rings. The maximum Gasteiger partial charge on any atom is 0.338 e. The molecule has 2 heterocycles. The number of carbonyl (C=O) groups excluding carboxylic acids is 1. The van der Waals surface area contributed by atoms with Crippen LogP contribution in [0, 0.1) is 0 Å². The van der Waals surface area contributed by atoms with Crippen molar-refractivity contribution in [3.63, 3.8) is 0 Å². The van der Waals surface area contributed by atoms with Crippen LogP contribution < -0.4 is 0 Å². The number of rotatable bonds is 4. The van der Waals surface area contributed by atoms with E-state index in [-0.39, 0.29) is 5.15 Å². The minimum Gasteiger partial charge on any atom is -0.453 e. The average Bonchev–Trinajstić information content (AvgIpc) is 2.62. The average molecular weight is 360 g/mol. The van der Waals surface area contributed by atoms with Crippen molar-refractivity contribution < 1.29 is 9.53 Å². The summed E-state index contributed by atoms with van der Waals surface area (Å²) < 4.78 is 5.47. The third kappa shape index (κ3) is 3.49. The van der Waals surface area contributed by atoms with Gasteiger partial charge in [-0.05, 0) is 31.4 Å². The summed E-state index contributed by atoms with van der Waals surface area (Å²) in [4.78, 5) is 25.0. The summed E-state index contributed by atoms with van der Waals surface area (Å²) in [6.07, 6.45) is 3.04. The molecule has 7 heteroatoms. The second kappa shape index (κ2) is 7.15. The van der Waals surface area contributed by atoms with Gasteiger partial charge in [0.2, 0.25) is 0 Å². The third-order valence-corrected chi connectivity index (χ3v) is 4.24. The number of benzene rings is 1. The van der Waals surface area contributed by atoms with Crippen LogP contribution >= 0.6 is 23.4 Å². The molecule has 0 saturated heterocycles. The Kier molecular flexibility index (Phi) is 4.97. The zero-order chi connectivity index (χ0) is 17.1. The van der Waals surface area contributed by atoms with E-state index in [0.717, 1.165) is 5.39 Å². The molecule has 0 amide bonds. The van der Waals surface area contributed by atoms with E-state index in [2.05, 4.69) is 15.0 Å². The fourth-order valence-corrected chi connectivity index (χ4v) is 2.76. The molecule has 0 bridgehead atoms. The van der Waals surface area contributed by atoms with Crippen LogP contribution in [0.5, 0.6) is 0 Å². The van der Waals surface area contributed by atoms with E-state index in [0.29, 0.717) is 21.9 Å². The van der Waals surface area contributed by atoms with Crippen molar-refractivity contribution in [1.29, 1.82) is 0 Å². The number of aromatic nitrogens is 3. The Morgan fingerprint density at radius 2 is 2.00 bits per heavy atom. The third-order valence-electron chi connectivity index (χ3n) is 3.41. The lowest BCUT2D eigenvalue weighted by molar-refractivity contribution is 0.0329. The maximum atomic E-state index is 12.2. The summed E-state index contributed by atoms with van der Waals surface area (Å²) in [6.45, 7) is 1.75. The van der Waals surface area contributed by atoms with Crippen LogP contribution in [-0.2, 0) is 4.74 Å². The first-order valence-electron chi connectivity index (χ1n) is 7.21. The van der Waals surface area contributed by atoms with Gasteiger partial charge in [-0.25, -0.2) is 19.7 Å². The van der Waals surface area contributed by atoms with Crippen LogP contribution in [0.4, 0.5) is 0 Å². The van der Waals surface area contributed by atoms with Crippen LogP contribution in [0.15, 0.2) is 47.8 Å². The molecule has 0 saturated carbocycles. The fraction of sp³-hybridized carbons (Fsp3) is 0.176. The number of hydrogen-bond acceptors (Lipinski definition) is 6. The predicted molar refractivity (Wildman–Crippen MR) is 94.4 cm³/mol. The molecule has 1 atom stereocenters. The molecule has 0 spiro atoms. The highest BCUT2D eigenvalue weighted by atomic mass is 35.5. The van der Waals surface area contributed by atoms with Crippen molar-refractivity contribution in [2.24, 2.45) is 0 Å². The summed E-state index contributed by atoms with van der Waals surface area (Å²) >= 11 is 7.67. The van der Waals surface area contributed by atoms with Crippen molar-refractivity contribution in [3.8, 4) is 0 Å². The zero-order valence-corrected chi connectivity index (χ0v) is 14.6. The summed E-state index contributed by atoms with van der Waals surface area (Å²) in [7, 11) is 0. The van der Waals surface area contributed by atoms with E-state index in [1.807, 2.05) is 12.3 Å². The van der Waals surface area contributed by atoms with Gasteiger partial charge in [0.1, 0.15) is 11.6 Å². The van der Waals surface area contributed by atoms with Gasteiger partial charge in [-0.15, -0.1) is 0 Å². The lowest BCUT2D eigenvalue weighted by Gasteiger charge is -2.14. The van der Waals surface area contributed by atoms with Gasteiger partial charge in [0.05, 0.1) is 11.3 Å². The number of carbonyl (C=O) groups is 1. The Morgan fingerprint density at radius 1 is 1.25 bits per heavy atom. The molecule has 0 N–H and O–H groups in total. The zero-order valence-electron chi connectivity index (χ0n) is 13.1. The lowest BCUT2D eigenvalue weighted by atomic mass is 10.2. The van der Waals surface area contributed by atoms with Crippen molar-refractivity contribution >= 4 is 40.2 Å². The second-order valence-corrected chi connectivity index (χ2v) is 6.18. The molecule has 5 nitrogen and oxygen atoms in total. The highest BCUT2D eigenvalue weighted by Crippen LogP contribution is 2.26. The number of halogens is 1. The highest BCUT2D eigenvalue weighted by molar-refractivity contribution is 7.98. The first-order valence-corrected chi connectivity index (χ1v) is 8.82. The molecule has 0 aliphatic carbocycles. The van der Waals surface area contributed by atoms with Crippen LogP contribution in [-0.4, -0.2) is 27.2 Å². The number of hydrogen-bond donors (Lipinski definition) is 0. The molecule has 0 radical (unpaired) electrons. The normalized spacial score (nSPS) is 12.1. The molecule has 3 aromatic rings. The maximum absolute atomic E-state index is 12.2. The van der Waals surface area contributed by atoms with Gasteiger partial charge in [-0.1, -0.05) is 41.6 Å². The van der Waals surface area contributed by atoms with Crippen LogP contribution in [0.2, 0.25) is 5.15 Å². The first kappa shape index (κ1) is 16.7. The van der Waals surface area contributed by atoms with Crippen molar-refractivity contribution in [3.05, 3.63) is 59.0 Å². The number of fused-ring (bicyclic) bond motifs is 1. The topological polar surface area (TPSA) is 65.0 Å². The lowest BCUT2D eigenvalue weighted by Crippen LogP contribution is -2.10. The number of nitrogens with zero attached hydrogens (tertiary/aromatic N) is 3. The Labute approximate surface area is 148 Å². The van der Waals surface area contributed by atoms with E-state index in [4.69, 9.17) is 16.3 Å². The first-order chi connectivity index (χ1) is 11.6. The molecule has 0 aliphatic heterocycles. The predicted octanol–water partition coefficient (Wildman–Crippen LogP) is 4.32. The second-order valence-electron chi connectivity index (χ2n) is 5.05. The van der Waals surface area contributed by atoms with Crippen molar-refractivity contribution in [1.82, 2.24) is 15.0 Å². The van der Waals surface area contributed by atoms with Crippen LogP contribution in [0.3, 0.4) is 0 Å². The van der Waals surface area contributed by atoms with Crippen LogP contribution in [0.25, 0.3) is 10.9 Å². The van der Waals surface area contributed by atoms with Crippen molar-refractivity contribution in [2.45, 2.75) is 18.2 Å². The van der Waals surface area contributed by atoms with Gasteiger partial charge >= 0.3 is 5.97 Å². The van der Waals surface area contributed by atoms with E-state index < -0.39 is 12.1 Å². The van der Waals surface area contributed by atoms with E-state index in [9.17, 15) is 4.79 Å². The molecule has 122 valence electrons. The number of esters is 1. The monoisotopic (exact) mass is 359 g/mol. The van der Waals surface area contributed by atoms with Crippen LogP contribution in [0.1, 0.15) is 29.1 Å². The van der Waals surface area contributed by atoms with Crippen molar-refractivity contribution in [2.75, 3.05) is 6.26 Å². The quantitative estimate of drug-likeness (QED) is 0.299. The summed E-state index contributed by atoms with van der Waals surface area (Å²) in [5.41, 5.74) is 1.63. The summed E-state index contributed by atoms with van der Waals surface area (Å²) in [5, 5.41) is 1.65. The Balaban J connectivity index is 1.87. The molecule has 24 heavy (non-hydrogen) atoms. The largest absolute Gasteiger partial charge is 0.453 e. The molecule has 1 aromatic carbocycles. The molecule has 3 rings (SSSR count). The van der Waals surface area contributed by atoms with E-state index in [1.54, 1.807) is 43.5 Å². The van der Waals surface area contributed by atoms with Gasteiger partial charge in [-0.2, -0.15) is 0 Å². The SMILES string of the molecule is CSc1ncc2cc([C@@H](C)OC(=O)c3ccccc3)nc(Cl)c2n1. The molecule has 0 unspecified atom stereocenters. The summed E-state index contributed by atoms with van der Waals surface area (Å²) in [6, 6.07) is 10.6. The molecule has 2 aromatic heterocycles. The number of pyridine rings is 1. The minimum absolute atomic E-state index is 0.266.